The van der Waals surface area contributed by atoms with Crippen molar-refractivity contribution in [2.45, 2.75) is 25.7 Å². The largest absolute Gasteiger partial charge is 0.466 e. The molecule has 2 unspecified atom stereocenters. The second kappa shape index (κ2) is 4.77. The molecule has 17 heavy (non-hydrogen) atoms. The summed E-state index contributed by atoms with van der Waals surface area (Å²) in [6.45, 7) is 2.12. The highest BCUT2D eigenvalue weighted by atomic mass is 19.3. The van der Waals surface area contributed by atoms with E-state index in [0.717, 1.165) is 0 Å². The van der Waals surface area contributed by atoms with Gasteiger partial charge in [0, 0.05) is 23.4 Å². The third-order valence-corrected chi connectivity index (χ3v) is 2.82. The Hall–Kier alpha value is -1.52. The third kappa shape index (κ3) is 2.60. The van der Waals surface area contributed by atoms with Gasteiger partial charge in [-0.3, -0.25) is 9.78 Å². The Labute approximate surface area is 97.8 Å². The van der Waals surface area contributed by atoms with Crippen LogP contribution in [0, 0.1) is 5.92 Å². The zero-order valence-electron chi connectivity index (χ0n) is 9.40. The summed E-state index contributed by atoms with van der Waals surface area (Å²) >= 11 is 0. The van der Waals surface area contributed by atoms with E-state index in [4.69, 9.17) is 4.74 Å². The van der Waals surface area contributed by atoms with Crippen LogP contribution in [0.2, 0.25) is 0 Å². The monoisotopic (exact) mass is 241 g/mol. The van der Waals surface area contributed by atoms with E-state index in [1.54, 1.807) is 13.0 Å². The van der Waals surface area contributed by atoms with E-state index in [0.29, 0.717) is 18.7 Å². The molecule has 1 saturated carbocycles. The quantitative estimate of drug-likeness (QED) is 0.761. The number of esters is 1. The smallest absolute Gasteiger partial charge is 0.309 e. The molecule has 2 atom stereocenters. The fourth-order valence-electron chi connectivity index (χ4n) is 1.80. The highest BCUT2D eigenvalue weighted by Gasteiger charge is 2.46. The number of carbonyl (C=O) groups is 1. The third-order valence-electron chi connectivity index (χ3n) is 2.82. The summed E-state index contributed by atoms with van der Waals surface area (Å²) in [5.41, 5.74) is 0.592. The Morgan fingerprint density at radius 1 is 1.59 bits per heavy atom. The highest BCUT2D eigenvalue weighted by Crippen LogP contribution is 2.47. The SMILES string of the molecule is CCOC(=O)C1CC1c1ccc(C(F)F)cn1. The summed E-state index contributed by atoms with van der Waals surface area (Å²) in [5, 5.41) is 0. The molecule has 0 saturated heterocycles. The first-order valence-electron chi connectivity index (χ1n) is 5.54. The van der Waals surface area contributed by atoms with E-state index in [1.807, 2.05) is 0 Å². The molecule has 2 rings (SSSR count). The van der Waals surface area contributed by atoms with Gasteiger partial charge < -0.3 is 4.74 Å². The topological polar surface area (TPSA) is 39.2 Å². The van der Waals surface area contributed by atoms with Gasteiger partial charge >= 0.3 is 5.97 Å². The van der Waals surface area contributed by atoms with Gasteiger partial charge in [-0.05, 0) is 25.5 Å². The maximum atomic E-state index is 12.3. The minimum Gasteiger partial charge on any atom is -0.466 e. The van der Waals surface area contributed by atoms with E-state index < -0.39 is 6.43 Å². The van der Waals surface area contributed by atoms with Gasteiger partial charge in [-0.25, -0.2) is 8.78 Å². The lowest BCUT2D eigenvalue weighted by Crippen LogP contribution is -2.07. The lowest BCUT2D eigenvalue weighted by atomic mass is 10.2. The molecule has 1 aliphatic rings. The van der Waals surface area contributed by atoms with Gasteiger partial charge in [-0.1, -0.05) is 0 Å². The van der Waals surface area contributed by atoms with E-state index in [1.165, 1.54) is 12.3 Å². The zero-order chi connectivity index (χ0) is 12.4. The zero-order valence-corrected chi connectivity index (χ0v) is 9.40. The maximum absolute atomic E-state index is 12.3. The van der Waals surface area contributed by atoms with Crippen LogP contribution in [0.4, 0.5) is 8.78 Å². The predicted molar refractivity (Wildman–Crippen MR) is 56.7 cm³/mol. The normalized spacial score (nSPS) is 22.6. The number of ether oxygens (including phenoxy) is 1. The molecule has 1 aromatic heterocycles. The molecule has 0 radical (unpaired) electrons. The Kier molecular flexibility index (Phi) is 3.36. The second-order valence-electron chi connectivity index (χ2n) is 4.02. The minimum absolute atomic E-state index is 0.0285. The molecule has 0 N–H and O–H groups in total. The van der Waals surface area contributed by atoms with Crippen molar-refractivity contribution in [1.82, 2.24) is 4.98 Å². The van der Waals surface area contributed by atoms with Crippen molar-refractivity contribution in [1.29, 1.82) is 0 Å². The van der Waals surface area contributed by atoms with Crippen molar-refractivity contribution in [3.05, 3.63) is 29.6 Å². The first kappa shape index (κ1) is 12.0. The van der Waals surface area contributed by atoms with Gasteiger partial charge in [0.1, 0.15) is 0 Å². The number of halogens is 2. The summed E-state index contributed by atoms with van der Waals surface area (Å²) in [4.78, 5) is 15.4. The van der Waals surface area contributed by atoms with Crippen LogP contribution in [0.3, 0.4) is 0 Å². The lowest BCUT2D eigenvalue weighted by Gasteiger charge is -2.02. The fraction of sp³-hybridized carbons (Fsp3) is 0.500. The van der Waals surface area contributed by atoms with Crippen LogP contribution in [0.15, 0.2) is 18.3 Å². The van der Waals surface area contributed by atoms with E-state index in [9.17, 15) is 13.6 Å². The van der Waals surface area contributed by atoms with Gasteiger partial charge in [0.25, 0.3) is 6.43 Å². The highest BCUT2D eigenvalue weighted by molar-refractivity contribution is 5.77. The van der Waals surface area contributed by atoms with Gasteiger partial charge in [0.05, 0.1) is 12.5 Å². The minimum atomic E-state index is -2.50. The summed E-state index contributed by atoms with van der Waals surface area (Å²) in [6.07, 6.45) is -0.642. The molecule has 0 spiro atoms. The molecule has 0 amide bonds. The van der Waals surface area contributed by atoms with Gasteiger partial charge in [0.15, 0.2) is 0 Å². The van der Waals surface area contributed by atoms with Gasteiger partial charge in [-0.15, -0.1) is 0 Å². The molecule has 0 aliphatic heterocycles. The molecular formula is C12H13F2NO2. The Bertz CT molecular complexity index is 405. The summed E-state index contributed by atoms with van der Waals surface area (Å²) in [6, 6.07) is 2.92. The first-order valence-corrected chi connectivity index (χ1v) is 5.54. The molecule has 3 nitrogen and oxygen atoms in total. The number of aromatic nitrogens is 1. The van der Waals surface area contributed by atoms with Gasteiger partial charge in [-0.2, -0.15) is 0 Å². The lowest BCUT2D eigenvalue weighted by molar-refractivity contribution is -0.144. The molecule has 5 heteroatoms. The van der Waals surface area contributed by atoms with Crippen LogP contribution in [0.1, 0.15) is 36.9 Å². The van der Waals surface area contributed by atoms with Crippen molar-refractivity contribution in [2.75, 3.05) is 6.61 Å². The molecule has 92 valence electrons. The van der Waals surface area contributed by atoms with Crippen LogP contribution in [0.25, 0.3) is 0 Å². The molecular weight excluding hydrogens is 228 g/mol. The Morgan fingerprint density at radius 2 is 2.35 bits per heavy atom. The van der Waals surface area contributed by atoms with Crippen LogP contribution in [-0.2, 0) is 9.53 Å². The van der Waals surface area contributed by atoms with Crippen LogP contribution < -0.4 is 0 Å². The average Bonchev–Trinajstić information content (AvgIpc) is 3.09. The van der Waals surface area contributed by atoms with Gasteiger partial charge in [0.2, 0.25) is 0 Å². The number of carbonyl (C=O) groups excluding carboxylic acids is 1. The number of alkyl halides is 2. The summed E-state index contributed by atoms with van der Waals surface area (Å²) in [5.74, 6) is -0.349. The Morgan fingerprint density at radius 3 is 2.88 bits per heavy atom. The first-order chi connectivity index (χ1) is 8.13. The molecule has 1 aromatic rings. The maximum Gasteiger partial charge on any atom is 0.309 e. The summed E-state index contributed by atoms with van der Waals surface area (Å²) < 4.78 is 29.5. The number of pyridine rings is 1. The number of rotatable bonds is 4. The number of nitrogens with zero attached hydrogens (tertiary/aromatic N) is 1. The molecule has 0 bridgehead atoms. The fourth-order valence-corrected chi connectivity index (χ4v) is 1.80. The number of hydrogen-bond donors (Lipinski definition) is 0. The van der Waals surface area contributed by atoms with Crippen molar-refractivity contribution in [3.8, 4) is 0 Å². The second-order valence-corrected chi connectivity index (χ2v) is 4.02. The standard InChI is InChI=1S/C12H13F2NO2/c1-2-17-12(16)9-5-8(9)10-4-3-7(6-15-10)11(13)14/h3-4,6,8-9,11H,2,5H2,1H3. The van der Waals surface area contributed by atoms with Crippen LogP contribution >= 0.6 is 0 Å². The van der Waals surface area contributed by atoms with E-state index in [-0.39, 0.29) is 23.4 Å². The molecule has 0 aromatic carbocycles. The number of hydrogen-bond acceptors (Lipinski definition) is 3. The molecule has 1 heterocycles. The average molecular weight is 241 g/mol. The van der Waals surface area contributed by atoms with Crippen molar-refractivity contribution in [2.24, 2.45) is 5.92 Å². The van der Waals surface area contributed by atoms with E-state index in [2.05, 4.69) is 4.98 Å². The van der Waals surface area contributed by atoms with E-state index >= 15 is 0 Å². The molecule has 1 aliphatic carbocycles. The molecule has 1 fully saturated rings. The predicted octanol–water partition coefficient (Wildman–Crippen LogP) is 2.69. The van der Waals surface area contributed by atoms with Crippen LogP contribution in [-0.4, -0.2) is 17.6 Å². The van der Waals surface area contributed by atoms with Crippen molar-refractivity contribution in [3.63, 3.8) is 0 Å². The Balaban J connectivity index is 1.99. The van der Waals surface area contributed by atoms with Crippen molar-refractivity contribution >= 4 is 5.97 Å². The van der Waals surface area contributed by atoms with Crippen LogP contribution in [0.5, 0.6) is 0 Å². The summed E-state index contributed by atoms with van der Waals surface area (Å²) in [7, 11) is 0. The van der Waals surface area contributed by atoms with Crippen molar-refractivity contribution < 1.29 is 18.3 Å².